The summed E-state index contributed by atoms with van der Waals surface area (Å²) in [7, 11) is 0. The molecule has 0 radical (unpaired) electrons. The smallest absolute Gasteiger partial charge is 0.111 e. The van der Waals surface area contributed by atoms with Gasteiger partial charge < -0.3 is 9.88 Å². The van der Waals surface area contributed by atoms with E-state index in [-0.39, 0.29) is 5.54 Å². The molecule has 2 aromatic rings. The second kappa shape index (κ2) is 5.57. The number of hydrogen-bond acceptors (Lipinski definition) is 2. The summed E-state index contributed by atoms with van der Waals surface area (Å²) in [5.74, 6) is 1.23. The zero-order valence-corrected chi connectivity index (χ0v) is 12.7. The monoisotopic (exact) mass is 271 g/mol. The van der Waals surface area contributed by atoms with Gasteiger partial charge in [0.15, 0.2) is 0 Å². The first-order valence-electron chi connectivity index (χ1n) is 7.91. The third-order valence-electron chi connectivity index (χ3n) is 4.56. The van der Waals surface area contributed by atoms with Crippen LogP contribution in [0.15, 0.2) is 24.3 Å². The summed E-state index contributed by atoms with van der Waals surface area (Å²) >= 11 is 0. The zero-order valence-electron chi connectivity index (χ0n) is 12.7. The zero-order chi connectivity index (χ0) is 14.0. The fraction of sp³-hybridized carbons (Fsp3) is 0.588. The molecule has 2 heterocycles. The van der Waals surface area contributed by atoms with E-state index in [0.29, 0.717) is 0 Å². The van der Waals surface area contributed by atoms with Crippen LogP contribution in [0.5, 0.6) is 0 Å². The van der Waals surface area contributed by atoms with Gasteiger partial charge in [0.05, 0.1) is 11.0 Å². The number of para-hydroxylation sites is 2. The van der Waals surface area contributed by atoms with E-state index in [4.69, 9.17) is 4.98 Å². The predicted molar refractivity (Wildman–Crippen MR) is 84.0 cm³/mol. The van der Waals surface area contributed by atoms with Crippen LogP contribution in [0, 0.1) is 0 Å². The maximum atomic E-state index is 4.88. The van der Waals surface area contributed by atoms with Gasteiger partial charge in [0.1, 0.15) is 5.82 Å². The summed E-state index contributed by atoms with van der Waals surface area (Å²) in [6.45, 7) is 6.70. The first-order valence-corrected chi connectivity index (χ1v) is 7.91. The van der Waals surface area contributed by atoms with E-state index in [1.807, 2.05) is 0 Å². The summed E-state index contributed by atoms with van der Waals surface area (Å²) in [4.78, 5) is 4.88. The van der Waals surface area contributed by atoms with E-state index < -0.39 is 0 Å². The lowest BCUT2D eigenvalue weighted by Gasteiger charge is -2.29. The third-order valence-corrected chi connectivity index (χ3v) is 4.56. The van der Waals surface area contributed by atoms with Crippen LogP contribution >= 0.6 is 0 Å². The molecular weight excluding hydrogens is 246 g/mol. The van der Waals surface area contributed by atoms with Gasteiger partial charge >= 0.3 is 0 Å². The van der Waals surface area contributed by atoms with Gasteiger partial charge in [-0.25, -0.2) is 4.98 Å². The normalized spacial score (nSPS) is 23.9. The topological polar surface area (TPSA) is 29.9 Å². The first kappa shape index (κ1) is 13.6. The van der Waals surface area contributed by atoms with Crippen molar-refractivity contribution in [1.29, 1.82) is 0 Å². The number of aromatic nitrogens is 2. The molecule has 1 atom stereocenters. The Morgan fingerprint density at radius 2 is 2.10 bits per heavy atom. The molecule has 3 heteroatoms. The van der Waals surface area contributed by atoms with Gasteiger partial charge in [-0.1, -0.05) is 25.0 Å². The molecule has 1 aliphatic rings. The number of nitrogens with one attached hydrogen (secondary N) is 1. The highest BCUT2D eigenvalue weighted by atomic mass is 15.1. The molecule has 0 aliphatic carbocycles. The number of benzene rings is 1. The highest BCUT2D eigenvalue weighted by Crippen LogP contribution is 2.25. The molecule has 1 unspecified atom stereocenters. The van der Waals surface area contributed by atoms with E-state index in [0.717, 1.165) is 25.0 Å². The number of rotatable bonds is 3. The van der Waals surface area contributed by atoms with Crippen LogP contribution < -0.4 is 5.32 Å². The van der Waals surface area contributed by atoms with Crippen LogP contribution in [0.25, 0.3) is 11.0 Å². The molecule has 3 nitrogen and oxygen atoms in total. The predicted octanol–water partition coefficient (Wildman–Crippen LogP) is 3.52. The SMILES string of the molecule is CCn1c(CC2(C)CCCCCN2)nc2ccccc21. The number of nitrogens with zero attached hydrogens (tertiary/aromatic N) is 2. The van der Waals surface area contributed by atoms with Crippen molar-refractivity contribution in [1.82, 2.24) is 14.9 Å². The lowest BCUT2D eigenvalue weighted by Crippen LogP contribution is -2.44. The summed E-state index contributed by atoms with van der Waals surface area (Å²) < 4.78 is 2.37. The van der Waals surface area contributed by atoms with E-state index in [1.54, 1.807) is 0 Å². The third kappa shape index (κ3) is 2.59. The van der Waals surface area contributed by atoms with E-state index in [9.17, 15) is 0 Å². The Balaban J connectivity index is 1.93. The van der Waals surface area contributed by atoms with Crippen LogP contribution in [0.2, 0.25) is 0 Å². The molecular formula is C17H25N3. The minimum absolute atomic E-state index is 0.199. The Bertz CT molecular complexity index is 577. The maximum absolute atomic E-state index is 4.88. The van der Waals surface area contributed by atoms with Crippen molar-refractivity contribution in [3.05, 3.63) is 30.1 Å². The van der Waals surface area contributed by atoms with Crippen molar-refractivity contribution in [2.24, 2.45) is 0 Å². The van der Waals surface area contributed by atoms with Crippen molar-refractivity contribution in [3.8, 4) is 0 Å². The molecule has 1 saturated heterocycles. The van der Waals surface area contributed by atoms with Crippen LogP contribution in [-0.2, 0) is 13.0 Å². The fourth-order valence-corrected chi connectivity index (χ4v) is 3.41. The second-order valence-electron chi connectivity index (χ2n) is 6.24. The molecule has 1 aromatic heterocycles. The number of aryl methyl sites for hydroxylation is 1. The molecule has 1 fully saturated rings. The van der Waals surface area contributed by atoms with Gasteiger partial charge in [-0.2, -0.15) is 0 Å². The quantitative estimate of drug-likeness (QED) is 0.925. The number of imidazole rings is 1. The summed E-state index contributed by atoms with van der Waals surface area (Å²) in [6, 6.07) is 8.47. The van der Waals surface area contributed by atoms with E-state index >= 15 is 0 Å². The molecule has 3 rings (SSSR count). The van der Waals surface area contributed by atoms with Crippen LogP contribution in [0.3, 0.4) is 0 Å². The Morgan fingerprint density at radius 3 is 2.95 bits per heavy atom. The fourth-order valence-electron chi connectivity index (χ4n) is 3.41. The van der Waals surface area contributed by atoms with Crippen molar-refractivity contribution in [2.75, 3.05) is 6.54 Å². The average molecular weight is 271 g/mol. The molecule has 0 amide bonds. The lowest BCUT2D eigenvalue weighted by atomic mass is 9.92. The Morgan fingerprint density at radius 1 is 1.25 bits per heavy atom. The minimum Gasteiger partial charge on any atom is -0.328 e. The van der Waals surface area contributed by atoms with E-state index in [2.05, 4.69) is 48.0 Å². The number of fused-ring (bicyclic) bond motifs is 1. The van der Waals surface area contributed by atoms with Crippen LogP contribution in [0.1, 0.15) is 45.4 Å². The van der Waals surface area contributed by atoms with E-state index in [1.165, 1.54) is 37.0 Å². The molecule has 108 valence electrons. The largest absolute Gasteiger partial charge is 0.328 e. The molecule has 0 saturated carbocycles. The standard InChI is InChI=1S/C17H25N3/c1-3-20-15-10-6-5-9-14(15)19-16(20)13-17(2)11-7-4-8-12-18-17/h5-6,9-10,18H,3-4,7-8,11-13H2,1-2H3. The summed E-state index contributed by atoms with van der Waals surface area (Å²) in [6.07, 6.45) is 6.26. The lowest BCUT2D eigenvalue weighted by molar-refractivity contribution is 0.336. The summed E-state index contributed by atoms with van der Waals surface area (Å²) in [5, 5.41) is 3.75. The number of hydrogen-bond donors (Lipinski definition) is 1. The van der Waals surface area contributed by atoms with Crippen molar-refractivity contribution >= 4 is 11.0 Å². The van der Waals surface area contributed by atoms with Gasteiger partial charge in [-0.15, -0.1) is 0 Å². The van der Waals surface area contributed by atoms with Gasteiger partial charge in [-0.05, 0) is 45.4 Å². The Kier molecular flexibility index (Phi) is 3.79. The first-order chi connectivity index (χ1) is 9.72. The van der Waals surface area contributed by atoms with Gasteiger partial charge in [0, 0.05) is 18.5 Å². The van der Waals surface area contributed by atoms with Gasteiger partial charge in [-0.3, -0.25) is 0 Å². The van der Waals surface area contributed by atoms with Crippen molar-refractivity contribution in [3.63, 3.8) is 0 Å². The maximum Gasteiger partial charge on any atom is 0.111 e. The van der Waals surface area contributed by atoms with Gasteiger partial charge in [0.25, 0.3) is 0 Å². The Hall–Kier alpha value is -1.35. The molecule has 0 spiro atoms. The van der Waals surface area contributed by atoms with Gasteiger partial charge in [0.2, 0.25) is 0 Å². The van der Waals surface area contributed by atoms with Crippen LogP contribution in [0.4, 0.5) is 0 Å². The van der Waals surface area contributed by atoms with Crippen molar-refractivity contribution < 1.29 is 0 Å². The minimum atomic E-state index is 0.199. The Labute approximate surface area is 121 Å². The second-order valence-corrected chi connectivity index (χ2v) is 6.24. The molecule has 20 heavy (non-hydrogen) atoms. The van der Waals surface area contributed by atoms with Crippen LogP contribution in [-0.4, -0.2) is 21.6 Å². The highest BCUT2D eigenvalue weighted by Gasteiger charge is 2.27. The highest BCUT2D eigenvalue weighted by molar-refractivity contribution is 5.75. The molecule has 1 aliphatic heterocycles. The average Bonchev–Trinajstić information content (AvgIpc) is 2.64. The molecule has 1 N–H and O–H groups in total. The molecule has 1 aromatic carbocycles. The molecule has 0 bridgehead atoms. The van der Waals surface area contributed by atoms with Crippen molar-refractivity contribution in [2.45, 2.75) is 58.0 Å². The summed E-state index contributed by atoms with van der Waals surface area (Å²) in [5.41, 5.74) is 2.59.